The Balaban J connectivity index is 2.57. The van der Waals surface area contributed by atoms with Crippen molar-refractivity contribution in [3.63, 3.8) is 0 Å². The number of rotatable bonds is 3. The van der Waals surface area contributed by atoms with Gasteiger partial charge in [-0.15, -0.1) is 0 Å². The summed E-state index contributed by atoms with van der Waals surface area (Å²) in [6, 6.07) is 9.20. The highest BCUT2D eigenvalue weighted by Gasteiger charge is 2.11. The van der Waals surface area contributed by atoms with Gasteiger partial charge in [0.1, 0.15) is 0 Å². The highest BCUT2D eigenvalue weighted by atomic mass is 14.2. The molecule has 0 bridgehead atoms. The van der Waals surface area contributed by atoms with Crippen LogP contribution in [0, 0.1) is 0 Å². The zero-order valence-electron chi connectivity index (χ0n) is 12.9. The predicted octanol–water partition coefficient (Wildman–Crippen LogP) is 4.10. The largest absolute Gasteiger partial charge is 0.0763 e. The van der Waals surface area contributed by atoms with Crippen molar-refractivity contribution >= 4 is 22.4 Å². The normalized spacial score (nSPS) is 14.2. The van der Waals surface area contributed by atoms with E-state index in [9.17, 15) is 0 Å². The van der Waals surface area contributed by atoms with Gasteiger partial charge in [0.05, 0.1) is 0 Å². The second kappa shape index (κ2) is 5.44. The SMILES string of the molecule is CCC1=c2c(CC)c3c(CC)cccc3cc2=CCC1. The van der Waals surface area contributed by atoms with Gasteiger partial charge in [-0.05, 0) is 70.5 Å². The Morgan fingerprint density at radius 3 is 2.55 bits per heavy atom. The van der Waals surface area contributed by atoms with E-state index in [1.54, 1.807) is 16.4 Å². The second-order valence-electron chi connectivity index (χ2n) is 5.74. The first-order valence-electron chi connectivity index (χ1n) is 8.05. The maximum Gasteiger partial charge on any atom is -0.0114 e. The molecule has 104 valence electrons. The van der Waals surface area contributed by atoms with Gasteiger partial charge in [-0.3, -0.25) is 0 Å². The molecular formula is C20H24. The molecule has 0 heteroatoms. The van der Waals surface area contributed by atoms with Crippen LogP contribution >= 0.6 is 0 Å². The summed E-state index contributed by atoms with van der Waals surface area (Å²) < 4.78 is 0. The van der Waals surface area contributed by atoms with Crippen molar-refractivity contribution in [2.24, 2.45) is 0 Å². The Hall–Kier alpha value is -1.56. The van der Waals surface area contributed by atoms with Gasteiger partial charge < -0.3 is 0 Å². The van der Waals surface area contributed by atoms with E-state index >= 15 is 0 Å². The molecule has 0 aromatic heterocycles. The van der Waals surface area contributed by atoms with Gasteiger partial charge in [-0.2, -0.15) is 0 Å². The van der Waals surface area contributed by atoms with Gasteiger partial charge in [0, 0.05) is 0 Å². The summed E-state index contributed by atoms with van der Waals surface area (Å²) in [5.74, 6) is 0. The first-order chi connectivity index (χ1) is 9.80. The average Bonchev–Trinajstić information content (AvgIpc) is 2.51. The van der Waals surface area contributed by atoms with Crippen LogP contribution < -0.4 is 10.4 Å². The summed E-state index contributed by atoms with van der Waals surface area (Å²) in [6.45, 7) is 6.88. The number of fused-ring (bicyclic) bond motifs is 2. The Kier molecular flexibility index (Phi) is 3.65. The number of benzene rings is 2. The molecule has 0 saturated heterocycles. The van der Waals surface area contributed by atoms with Gasteiger partial charge >= 0.3 is 0 Å². The molecular weight excluding hydrogens is 240 g/mol. The third kappa shape index (κ3) is 1.98. The molecule has 0 fully saturated rings. The van der Waals surface area contributed by atoms with Gasteiger partial charge in [0.25, 0.3) is 0 Å². The Morgan fingerprint density at radius 2 is 1.85 bits per heavy atom. The summed E-state index contributed by atoms with van der Waals surface area (Å²) in [7, 11) is 0. The maximum absolute atomic E-state index is 2.44. The molecule has 0 saturated carbocycles. The molecule has 0 spiro atoms. The lowest BCUT2D eigenvalue weighted by Gasteiger charge is -2.17. The Labute approximate surface area is 121 Å². The van der Waals surface area contributed by atoms with E-state index in [0.29, 0.717) is 0 Å². The molecule has 2 aromatic carbocycles. The van der Waals surface area contributed by atoms with Crippen LogP contribution in [0.15, 0.2) is 24.3 Å². The zero-order valence-corrected chi connectivity index (χ0v) is 12.9. The molecule has 0 amide bonds. The lowest BCUT2D eigenvalue weighted by molar-refractivity contribution is 0.989. The van der Waals surface area contributed by atoms with Crippen LogP contribution in [0.3, 0.4) is 0 Å². The zero-order chi connectivity index (χ0) is 14.1. The third-order valence-electron chi connectivity index (χ3n) is 4.71. The number of aryl methyl sites for hydroxylation is 2. The van der Waals surface area contributed by atoms with Crippen molar-refractivity contribution in [2.75, 3.05) is 0 Å². The van der Waals surface area contributed by atoms with Crippen LogP contribution in [-0.2, 0) is 12.8 Å². The Morgan fingerprint density at radius 1 is 1.00 bits per heavy atom. The lowest BCUT2D eigenvalue weighted by Crippen LogP contribution is -2.33. The van der Waals surface area contributed by atoms with Crippen LogP contribution in [0.5, 0.6) is 0 Å². The van der Waals surface area contributed by atoms with Crippen molar-refractivity contribution in [1.82, 2.24) is 0 Å². The predicted molar refractivity (Wildman–Crippen MR) is 89.4 cm³/mol. The highest BCUT2D eigenvalue weighted by molar-refractivity contribution is 5.90. The molecule has 0 N–H and O–H groups in total. The van der Waals surface area contributed by atoms with Crippen molar-refractivity contribution in [3.8, 4) is 0 Å². The van der Waals surface area contributed by atoms with Crippen LogP contribution in [0.2, 0.25) is 0 Å². The fraction of sp³-hybridized carbons (Fsp3) is 0.400. The first-order valence-corrected chi connectivity index (χ1v) is 8.05. The molecule has 0 radical (unpaired) electrons. The summed E-state index contributed by atoms with van der Waals surface area (Å²) >= 11 is 0. The highest BCUT2D eigenvalue weighted by Crippen LogP contribution is 2.23. The van der Waals surface area contributed by atoms with Crippen LogP contribution in [0.1, 0.15) is 51.2 Å². The van der Waals surface area contributed by atoms with Crippen molar-refractivity contribution in [2.45, 2.75) is 52.9 Å². The van der Waals surface area contributed by atoms with Crippen LogP contribution in [0.4, 0.5) is 0 Å². The molecule has 0 nitrogen and oxygen atoms in total. The van der Waals surface area contributed by atoms with E-state index in [4.69, 9.17) is 0 Å². The second-order valence-corrected chi connectivity index (χ2v) is 5.74. The van der Waals surface area contributed by atoms with Crippen LogP contribution in [-0.4, -0.2) is 0 Å². The number of hydrogen-bond acceptors (Lipinski definition) is 0. The molecule has 1 aliphatic rings. The summed E-state index contributed by atoms with van der Waals surface area (Å²) in [4.78, 5) is 0. The maximum atomic E-state index is 2.44. The third-order valence-corrected chi connectivity index (χ3v) is 4.71. The van der Waals surface area contributed by atoms with E-state index in [-0.39, 0.29) is 0 Å². The first kappa shape index (κ1) is 13.4. The molecule has 20 heavy (non-hydrogen) atoms. The Bertz CT molecular complexity index is 763. The number of hydrogen-bond donors (Lipinski definition) is 0. The van der Waals surface area contributed by atoms with E-state index < -0.39 is 0 Å². The van der Waals surface area contributed by atoms with Gasteiger partial charge in [-0.1, -0.05) is 50.6 Å². The summed E-state index contributed by atoms with van der Waals surface area (Å²) in [5.41, 5.74) is 4.75. The molecule has 0 heterocycles. The molecule has 0 atom stereocenters. The topological polar surface area (TPSA) is 0 Å². The van der Waals surface area contributed by atoms with E-state index in [2.05, 4.69) is 51.1 Å². The van der Waals surface area contributed by atoms with Gasteiger partial charge in [-0.25, -0.2) is 0 Å². The molecule has 3 rings (SSSR count). The average molecular weight is 264 g/mol. The quantitative estimate of drug-likeness (QED) is 0.783. The molecule has 0 unspecified atom stereocenters. The fourth-order valence-corrected chi connectivity index (χ4v) is 3.75. The summed E-state index contributed by atoms with van der Waals surface area (Å²) in [5, 5.41) is 6.01. The van der Waals surface area contributed by atoms with Crippen molar-refractivity contribution in [1.29, 1.82) is 0 Å². The van der Waals surface area contributed by atoms with Gasteiger partial charge in [0.15, 0.2) is 0 Å². The standard InChI is InChI=1S/C20H24/c1-4-14-9-7-11-16-13-17-12-8-10-15(5-2)20(17)18(6-3)19(14)16/h7,9,11-13H,4-6,8,10H2,1-3H3. The van der Waals surface area contributed by atoms with E-state index in [0.717, 1.165) is 12.8 Å². The van der Waals surface area contributed by atoms with Gasteiger partial charge in [0.2, 0.25) is 0 Å². The van der Waals surface area contributed by atoms with E-state index in [1.807, 2.05) is 0 Å². The van der Waals surface area contributed by atoms with Crippen molar-refractivity contribution < 1.29 is 0 Å². The minimum absolute atomic E-state index is 1.12. The van der Waals surface area contributed by atoms with E-state index in [1.165, 1.54) is 40.8 Å². The minimum Gasteiger partial charge on any atom is -0.0763 e. The fourth-order valence-electron chi connectivity index (χ4n) is 3.75. The summed E-state index contributed by atoms with van der Waals surface area (Å²) in [6.07, 6.45) is 8.33. The monoisotopic (exact) mass is 264 g/mol. The molecule has 2 aromatic rings. The van der Waals surface area contributed by atoms with Crippen LogP contribution in [0.25, 0.3) is 22.4 Å². The molecule has 1 aliphatic carbocycles. The smallest absolute Gasteiger partial charge is 0.0114 e. The lowest BCUT2D eigenvalue weighted by atomic mass is 9.88. The minimum atomic E-state index is 1.12. The molecule has 0 aliphatic heterocycles. The van der Waals surface area contributed by atoms with Crippen molar-refractivity contribution in [3.05, 3.63) is 45.8 Å².